The minimum Gasteiger partial charge on any atom is -0.292 e. The molecule has 4 aromatic rings. The fourth-order valence-corrected chi connectivity index (χ4v) is 3.18. The largest absolute Gasteiger partial charge is 0.292 e. The summed E-state index contributed by atoms with van der Waals surface area (Å²) in [4.78, 5) is 4.69. The van der Waals surface area contributed by atoms with Crippen LogP contribution < -0.4 is 0 Å². The zero-order valence-corrected chi connectivity index (χ0v) is 15.4. The maximum atomic E-state index is 9.04. The lowest BCUT2D eigenvalue weighted by Gasteiger charge is -2.13. The summed E-state index contributed by atoms with van der Waals surface area (Å²) >= 11 is 3.50. The fourth-order valence-electron chi connectivity index (χ4n) is 2.91. The molecule has 4 heteroatoms. The third-order valence-corrected chi connectivity index (χ3v) is 4.72. The molecule has 0 saturated carbocycles. The Balaban J connectivity index is 1.93. The fraction of sp³-hybridized carbons (Fsp3) is 0. The summed E-state index contributed by atoms with van der Waals surface area (Å²) in [6.07, 6.45) is 1.89. The van der Waals surface area contributed by atoms with E-state index in [1.165, 1.54) is 0 Å². The van der Waals surface area contributed by atoms with Gasteiger partial charge < -0.3 is 0 Å². The standard InChI is InChI=1S/C22H14BrN3/c23-19-10-12-20(13-11-19)26-21(17-4-2-1-3-5-17)15-25-22(26)18-8-6-16(14-24)7-9-18/h1-13,15H. The molecular weight excluding hydrogens is 386 g/mol. The zero-order chi connectivity index (χ0) is 17.9. The van der Waals surface area contributed by atoms with E-state index in [0.29, 0.717) is 5.56 Å². The van der Waals surface area contributed by atoms with Crippen molar-refractivity contribution in [1.82, 2.24) is 9.55 Å². The van der Waals surface area contributed by atoms with Gasteiger partial charge >= 0.3 is 0 Å². The first-order valence-corrected chi connectivity index (χ1v) is 8.95. The third-order valence-electron chi connectivity index (χ3n) is 4.19. The Bertz CT molecular complexity index is 1070. The van der Waals surface area contributed by atoms with Gasteiger partial charge in [0.25, 0.3) is 0 Å². The highest BCUT2D eigenvalue weighted by Crippen LogP contribution is 2.30. The molecule has 0 bridgehead atoms. The molecule has 0 unspecified atom stereocenters. The Kier molecular flexibility index (Phi) is 4.39. The second-order valence-electron chi connectivity index (χ2n) is 5.83. The lowest BCUT2D eigenvalue weighted by Crippen LogP contribution is -2.00. The summed E-state index contributed by atoms with van der Waals surface area (Å²) in [5.41, 5.74) is 4.76. The van der Waals surface area contributed by atoms with Crippen molar-refractivity contribution in [3.63, 3.8) is 0 Å². The van der Waals surface area contributed by atoms with Crippen molar-refractivity contribution in [1.29, 1.82) is 5.26 Å². The van der Waals surface area contributed by atoms with E-state index in [1.54, 1.807) is 0 Å². The highest BCUT2D eigenvalue weighted by atomic mass is 79.9. The van der Waals surface area contributed by atoms with Crippen molar-refractivity contribution in [2.24, 2.45) is 0 Å². The van der Waals surface area contributed by atoms with E-state index >= 15 is 0 Å². The van der Waals surface area contributed by atoms with Gasteiger partial charge in [-0.25, -0.2) is 4.98 Å². The molecule has 0 spiro atoms. The average Bonchev–Trinajstić information content (AvgIpc) is 3.14. The van der Waals surface area contributed by atoms with Crippen LogP contribution in [0.3, 0.4) is 0 Å². The lowest BCUT2D eigenvalue weighted by molar-refractivity contribution is 1.07. The summed E-state index contributed by atoms with van der Waals surface area (Å²) in [5.74, 6) is 0.843. The molecule has 3 nitrogen and oxygen atoms in total. The first-order valence-electron chi connectivity index (χ1n) is 8.16. The summed E-state index contributed by atoms with van der Waals surface area (Å²) in [5, 5.41) is 9.04. The highest BCUT2D eigenvalue weighted by molar-refractivity contribution is 9.10. The number of hydrogen-bond acceptors (Lipinski definition) is 2. The van der Waals surface area contributed by atoms with Crippen LogP contribution in [0.25, 0.3) is 28.3 Å². The monoisotopic (exact) mass is 399 g/mol. The van der Waals surface area contributed by atoms with Crippen LogP contribution in [0.1, 0.15) is 5.56 Å². The van der Waals surface area contributed by atoms with Crippen molar-refractivity contribution < 1.29 is 0 Å². The minimum atomic E-state index is 0.638. The lowest BCUT2D eigenvalue weighted by atomic mass is 10.1. The van der Waals surface area contributed by atoms with Crippen LogP contribution >= 0.6 is 15.9 Å². The van der Waals surface area contributed by atoms with Gasteiger partial charge in [-0.1, -0.05) is 46.3 Å². The molecule has 0 fully saturated rings. The van der Waals surface area contributed by atoms with E-state index in [9.17, 15) is 0 Å². The van der Waals surface area contributed by atoms with E-state index in [2.05, 4.69) is 55.8 Å². The molecule has 124 valence electrons. The highest BCUT2D eigenvalue weighted by Gasteiger charge is 2.15. The van der Waals surface area contributed by atoms with Crippen molar-refractivity contribution in [2.45, 2.75) is 0 Å². The summed E-state index contributed by atoms with van der Waals surface area (Å²) in [7, 11) is 0. The number of benzene rings is 3. The molecule has 1 heterocycles. The van der Waals surface area contributed by atoms with Crippen molar-refractivity contribution in [2.75, 3.05) is 0 Å². The van der Waals surface area contributed by atoms with Crippen molar-refractivity contribution in [3.8, 4) is 34.4 Å². The Labute approximate surface area is 160 Å². The molecule has 0 aliphatic heterocycles. The maximum Gasteiger partial charge on any atom is 0.144 e. The molecule has 0 radical (unpaired) electrons. The summed E-state index contributed by atoms with van der Waals surface area (Å²) < 4.78 is 3.17. The first-order chi connectivity index (χ1) is 12.8. The van der Waals surface area contributed by atoms with Crippen LogP contribution in [0, 0.1) is 11.3 Å². The van der Waals surface area contributed by atoms with Crippen LogP contribution in [0.2, 0.25) is 0 Å². The molecule has 0 atom stereocenters. The van der Waals surface area contributed by atoms with Crippen molar-refractivity contribution in [3.05, 3.63) is 95.1 Å². The number of imidazole rings is 1. The van der Waals surface area contributed by atoms with Gasteiger partial charge in [0.05, 0.1) is 23.5 Å². The Morgan fingerprint density at radius 1 is 0.808 bits per heavy atom. The predicted molar refractivity (Wildman–Crippen MR) is 107 cm³/mol. The SMILES string of the molecule is N#Cc1ccc(-c2ncc(-c3ccccc3)n2-c2ccc(Br)cc2)cc1. The van der Waals surface area contributed by atoms with Crippen LogP contribution in [0.5, 0.6) is 0 Å². The van der Waals surface area contributed by atoms with Crippen LogP contribution in [0.4, 0.5) is 0 Å². The Morgan fingerprint density at radius 3 is 2.15 bits per heavy atom. The summed E-state index contributed by atoms with van der Waals surface area (Å²) in [6, 6.07) is 28.0. The molecular formula is C22H14BrN3. The molecule has 0 N–H and O–H groups in total. The first kappa shape index (κ1) is 16.3. The molecule has 3 aromatic carbocycles. The van der Waals surface area contributed by atoms with Gasteiger partial charge in [0.1, 0.15) is 5.82 Å². The molecule has 0 amide bonds. The van der Waals surface area contributed by atoms with Crippen LogP contribution in [-0.2, 0) is 0 Å². The number of hydrogen-bond donors (Lipinski definition) is 0. The Hall–Kier alpha value is -3.16. The molecule has 0 aliphatic carbocycles. The van der Waals surface area contributed by atoms with Crippen LogP contribution in [-0.4, -0.2) is 9.55 Å². The maximum absolute atomic E-state index is 9.04. The van der Waals surface area contributed by atoms with E-state index in [0.717, 1.165) is 32.8 Å². The van der Waals surface area contributed by atoms with Crippen molar-refractivity contribution >= 4 is 15.9 Å². The predicted octanol–water partition coefficient (Wildman–Crippen LogP) is 5.84. The minimum absolute atomic E-state index is 0.638. The van der Waals surface area contributed by atoms with Gasteiger partial charge in [-0.2, -0.15) is 5.26 Å². The zero-order valence-electron chi connectivity index (χ0n) is 13.8. The van der Waals surface area contributed by atoms with Gasteiger partial charge in [-0.3, -0.25) is 4.57 Å². The molecule has 0 aliphatic rings. The molecule has 0 saturated heterocycles. The second-order valence-corrected chi connectivity index (χ2v) is 6.75. The van der Waals surface area contributed by atoms with E-state index in [4.69, 9.17) is 5.26 Å². The normalized spacial score (nSPS) is 10.5. The second kappa shape index (κ2) is 6.99. The number of halogens is 1. The number of nitrogens with zero attached hydrogens (tertiary/aromatic N) is 3. The number of aromatic nitrogens is 2. The van der Waals surface area contributed by atoms with Crippen LogP contribution in [0.15, 0.2) is 89.5 Å². The smallest absolute Gasteiger partial charge is 0.144 e. The van der Waals surface area contributed by atoms with E-state index < -0.39 is 0 Å². The van der Waals surface area contributed by atoms with Gasteiger partial charge in [-0.05, 0) is 48.5 Å². The molecule has 1 aromatic heterocycles. The average molecular weight is 400 g/mol. The third kappa shape index (κ3) is 3.05. The van der Waals surface area contributed by atoms with Gasteiger partial charge in [-0.15, -0.1) is 0 Å². The Morgan fingerprint density at radius 2 is 1.50 bits per heavy atom. The van der Waals surface area contributed by atoms with Gasteiger partial charge in [0, 0.05) is 21.3 Å². The van der Waals surface area contributed by atoms with E-state index in [-0.39, 0.29) is 0 Å². The quantitative estimate of drug-likeness (QED) is 0.434. The van der Waals surface area contributed by atoms with Gasteiger partial charge in [0.2, 0.25) is 0 Å². The topological polar surface area (TPSA) is 41.6 Å². The number of nitriles is 1. The van der Waals surface area contributed by atoms with E-state index in [1.807, 2.05) is 60.8 Å². The summed E-state index contributed by atoms with van der Waals surface area (Å²) in [6.45, 7) is 0. The molecule has 4 rings (SSSR count). The van der Waals surface area contributed by atoms with Gasteiger partial charge in [0.15, 0.2) is 0 Å². The number of rotatable bonds is 3. The molecule has 26 heavy (non-hydrogen) atoms.